The molecule has 0 aromatic heterocycles. The molecule has 0 atom stereocenters. The fraction of sp³-hybridized carbons (Fsp3) is 0.600. The zero-order valence-corrected chi connectivity index (χ0v) is 13.5. The highest BCUT2D eigenvalue weighted by Crippen LogP contribution is 2.08. The fourth-order valence-corrected chi connectivity index (χ4v) is 2.89. The highest BCUT2D eigenvalue weighted by Gasteiger charge is 2.08. The molecule has 0 heterocycles. The summed E-state index contributed by atoms with van der Waals surface area (Å²) in [4.78, 5) is 0. The van der Waals surface area contributed by atoms with Crippen molar-refractivity contribution in [3.63, 3.8) is 0 Å². The average Bonchev–Trinajstić information content (AvgIpc) is 2.47. The second-order valence-corrected chi connectivity index (χ2v) is 6.76. The van der Waals surface area contributed by atoms with Crippen LogP contribution in [0.4, 0.5) is 0 Å². The van der Waals surface area contributed by atoms with E-state index in [1.807, 2.05) is 30.3 Å². The van der Waals surface area contributed by atoms with E-state index < -0.39 is 10.0 Å². The summed E-state index contributed by atoms with van der Waals surface area (Å²) in [5.41, 5.74) is 0. The van der Waals surface area contributed by atoms with Gasteiger partial charge in [-0.3, -0.25) is 0 Å². The molecule has 0 bridgehead atoms. The third kappa shape index (κ3) is 9.44. The monoisotopic (exact) mass is 314 g/mol. The predicted molar refractivity (Wildman–Crippen MR) is 86.1 cm³/mol. The van der Waals surface area contributed by atoms with Crippen molar-refractivity contribution in [1.82, 2.24) is 10.0 Å². The first kappa shape index (κ1) is 17.9. The summed E-state index contributed by atoms with van der Waals surface area (Å²) in [7, 11) is -3.16. The number of benzene rings is 1. The maximum Gasteiger partial charge on any atom is 0.211 e. The highest BCUT2D eigenvalue weighted by atomic mass is 32.2. The van der Waals surface area contributed by atoms with Gasteiger partial charge in [-0.05, 0) is 44.5 Å². The van der Waals surface area contributed by atoms with Gasteiger partial charge in [-0.1, -0.05) is 25.1 Å². The number of ether oxygens (including phenoxy) is 1. The lowest BCUT2D eigenvalue weighted by Crippen LogP contribution is -2.29. The highest BCUT2D eigenvalue weighted by molar-refractivity contribution is 7.89. The van der Waals surface area contributed by atoms with Crippen molar-refractivity contribution in [1.29, 1.82) is 0 Å². The molecule has 0 amide bonds. The van der Waals surface area contributed by atoms with Crippen molar-refractivity contribution in [2.24, 2.45) is 0 Å². The third-order valence-corrected chi connectivity index (χ3v) is 4.32. The van der Waals surface area contributed by atoms with Crippen LogP contribution in [0.5, 0.6) is 5.75 Å². The molecular weight excluding hydrogens is 288 g/mol. The van der Waals surface area contributed by atoms with Crippen LogP contribution in [0.2, 0.25) is 0 Å². The van der Waals surface area contributed by atoms with E-state index in [2.05, 4.69) is 17.0 Å². The Labute approximate surface area is 128 Å². The first-order valence-electron chi connectivity index (χ1n) is 7.50. The Morgan fingerprint density at radius 1 is 1.05 bits per heavy atom. The number of hydrogen-bond donors (Lipinski definition) is 2. The molecule has 1 aromatic carbocycles. The number of sulfonamides is 1. The Hall–Kier alpha value is -1.11. The zero-order chi connectivity index (χ0) is 15.4. The second-order valence-electron chi connectivity index (χ2n) is 4.83. The lowest BCUT2D eigenvalue weighted by atomic mass is 10.3. The van der Waals surface area contributed by atoms with Gasteiger partial charge in [-0.2, -0.15) is 0 Å². The molecule has 0 fully saturated rings. The molecule has 5 nitrogen and oxygen atoms in total. The Morgan fingerprint density at radius 2 is 1.81 bits per heavy atom. The summed E-state index contributed by atoms with van der Waals surface area (Å²) in [6.07, 6.45) is 2.35. The van der Waals surface area contributed by atoms with Gasteiger partial charge in [0, 0.05) is 6.54 Å². The van der Waals surface area contributed by atoms with Gasteiger partial charge in [0.1, 0.15) is 5.75 Å². The van der Waals surface area contributed by atoms with Crippen molar-refractivity contribution < 1.29 is 13.2 Å². The molecule has 0 radical (unpaired) electrons. The van der Waals surface area contributed by atoms with Crippen molar-refractivity contribution in [3.05, 3.63) is 30.3 Å². The van der Waals surface area contributed by atoms with Crippen LogP contribution in [-0.2, 0) is 10.0 Å². The Balaban J connectivity index is 2.05. The fourth-order valence-electron chi connectivity index (χ4n) is 1.77. The average molecular weight is 314 g/mol. The molecule has 21 heavy (non-hydrogen) atoms. The summed E-state index contributed by atoms with van der Waals surface area (Å²) in [6, 6.07) is 9.51. The minimum Gasteiger partial charge on any atom is -0.494 e. The topological polar surface area (TPSA) is 67.4 Å². The molecule has 2 N–H and O–H groups in total. The van der Waals surface area contributed by atoms with Crippen LogP contribution in [0, 0.1) is 0 Å². The van der Waals surface area contributed by atoms with Crippen molar-refractivity contribution in [2.75, 3.05) is 32.0 Å². The van der Waals surface area contributed by atoms with Crippen LogP contribution in [0.1, 0.15) is 26.2 Å². The van der Waals surface area contributed by atoms with Gasteiger partial charge >= 0.3 is 0 Å². The molecule has 6 heteroatoms. The summed E-state index contributed by atoms with van der Waals surface area (Å²) in [5, 5.41) is 3.19. The van der Waals surface area contributed by atoms with Crippen LogP contribution in [-0.4, -0.2) is 40.4 Å². The predicted octanol–water partition coefficient (Wildman–Crippen LogP) is 1.76. The van der Waals surface area contributed by atoms with E-state index >= 15 is 0 Å². The molecule has 0 aliphatic rings. The quantitative estimate of drug-likeness (QED) is 0.577. The molecule has 0 spiro atoms. The van der Waals surface area contributed by atoms with E-state index in [-0.39, 0.29) is 5.75 Å². The number of rotatable bonds is 12. The van der Waals surface area contributed by atoms with Crippen molar-refractivity contribution in [3.8, 4) is 5.75 Å². The largest absolute Gasteiger partial charge is 0.494 e. The van der Waals surface area contributed by atoms with Gasteiger partial charge in [-0.15, -0.1) is 0 Å². The number of para-hydroxylation sites is 1. The molecule has 120 valence electrons. The minimum absolute atomic E-state index is 0.170. The van der Waals surface area contributed by atoms with Crippen LogP contribution in [0.3, 0.4) is 0 Å². The van der Waals surface area contributed by atoms with E-state index in [4.69, 9.17) is 4.74 Å². The zero-order valence-electron chi connectivity index (χ0n) is 12.7. The Kier molecular flexibility index (Phi) is 9.05. The molecule has 0 saturated carbocycles. The van der Waals surface area contributed by atoms with Gasteiger partial charge in [0.15, 0.2) is 0 Å². The van der Waals surface area contributed by atoms with Crippen LogP contribution >= 0.6 is 0 Å². The summed E-state index contributed by atoms with van der Waals surface area (Å²) >= 11 is 0. The lowest BCUT2D eigenvalue weighted by Gasteiger charge is -2.08. The molecular formula is C15H26N2O3S. The van der Waals surface area contributed by atoms with Gasteiger partial charge < -0.3 is 10.1 Å². The maximum absolute atomic E-state index is 11.7. The van der Waals surface area contributed by atoms with E-state index in [1.54, 1.807) is 0 Å². The molecule has 0 unspecified atom stereocenters. The number of hydrogen-bond acceptors (Lipinski definition) is 4. The molecule has 0 aliphatic heterocycles. The standard InChI is InChI=1S/C15H26N2O3S/c1-2-10-16-11-7-14-21(18,19)17-12-6-13-20-15-8-4-3-5-9-15/h3-5,8-9,16-17H,2,6-7,10-14H2,1H3. The van der Waals surface area contributed by atoms with Crippen molar-refractivity contribution >= 4 is 10.0 Å². The number of nitrogens with one attached hydrogen (secondary N) is 2. The minimum atomic E-state index is -3.16. The van der Waals surface area contributed by atoms with Crippen LogP contribution < -0.4 is 14.8 Å². The first-order chi connectivity index (χ1) is 10.1. The normalized spacial score (nSPS) is 11.5. The molecule has 1 rings (SSSR count). The Bertz CT molecular complexity index is 463. The van der Waals surface area contributed by atoms with E-state index in [1.165, 1.54) is 0 Å². The molecule has 0 aliphatic carbocycles. The third-order valence-electron chi connectivity index (χ3n) is 2.85. The smallest absolute Gasteiger partial charge is 0.211 e. The second kappa shape index (κ2) is 10.6. The Morgan fingerprint density at radius 3 is 2.52 bits per heavy atom. The van der Waals surface area contributed by atoms with Gasteiger partial charge in [0.05, 0.1) is 12.4 Å². The first-order valence-corrected chi connectivity index (χ1v) is 9.15. The summed E-state index contributed by atoms with van der Waals surface area (Å²) < 4.78 is 31.5. The van der Waals surface area contributed by atoms with Crippen LogP contribution in [0.25, 0.3) is 0 Å². The van der Waals surface area contributed by atoms with E-state index in [0.29, 0.717) is 26.0 Å². The maximum atomic E-state index is 11.7. The van der Waals surface area contributed by atoms with E-state index in [9.17, 15) is 8.42 Å². The van der Waals surface area contributed by atoms with E-state index in [0.717, 1.165) is 25.3 Å². The van der Waals surface area contributed by atoms with Gasteiger partial charge in [-0.25, -0.2) is 13.1 Å². The SMILES string of the molecule is CCCNCCCS(=O)(=O)NCCCOc1ccccc1. The van der Waals surface area contributed by atoms with Gasteiger partial charge in [0.25, 0.3) is 0 Å². The van der Waals surface area contributed by atoms with Crippen molar-refractivity contribution in [2.45, 2.75) is 26.2 Å². The van der Waals surface area contributed by atoms with Gasteiger partial charge in [0.2, 0.25) is 10.0 Å². The lowest BCUT2D eigenvalue weighted by molar-refractivity contribution is 0.311. The summed E-state index contributed by atoms with van der Waals surface area (Å²) in [5.74, 6) is 0.978. The van der Waals surface area contributed by atoms with Crippen LogP contribution in [0.15, 0.2) is 30.3 Å². The molecule has 1 aromatic rings. The summed E-state index contributed by atoms with van der Waals surface area (Å²) in [6.45, 7) is 4.68. The molecule has 0 saturated heterocycles.